The summed E-state index contributed by atoms with van der Waals surface area (Å²) in [4.78, 5) is 0. The predicted molar refractivity (Wildman–Crippen MR) is 95.5 cm³/mol. The summed E-state index contributed by atoms with van der Waals surface area (Å²) in [6.45, 7) is 6.29. The third-order valence-electron chi connectivity index (χ3n) is 2.53. The number of hydrogen-bond acceptors (Lipinski definition) is 5. The summed E-state index contributed by atoms with van der Waals surface area (Å²) in [5.41, 5.74) is 2.22. The van der Waals surface area contributed by atoms with Crippen molar-refractivity contribution in [3.63, 3.8) is 0 Å². The second-order valence-corrected chi connectivity index (χ2v) is 10.1. The molecule has 0 aliphatic carbocycles. The van der Waals surface area contributed by atoms with Crippen molar-refractivity contribution in [1.82, 2.24) is 0 Å². The van der Waals surface area contributed by atoms with Crippen molar-refractivity contribution >= 4 is 35.9 Å². The maximum atomic E-state index is 11.1. The molecule has 23 heavy (non-hydrogen) atoms. The summed E-state index contributed by atoms with van der Waals surface area (Å²) in [7, 11) is -6.60. The lowest BCUT2D eigenvalue weighted by atomic mass is 10.1. The molecule has 1 unspecified atom stereocenters. The van der Waals surface area contributed by atoms with Crippen LogP contribution >= 0.6 is 15.9 Å². The van der Waals surface area contributed by atoms with Crippen LogP contribution in [-0.4, -0.2) is 46.3 Å². The molecule has 0 spiro atoms. The van der Waals surface area contributed by atoms with Crippen LogP contribution in [0, 0.1) is 19.8 Å². The highest BCUT2D eigenvalue weighted by Gasteiger charge is 2.12. The van der Waals surface area contributed by atoms with Crippen molar-refractivity contribution in [1.29, 1.82) is 0 Å². The quantitative estimate of drug-likeness (QED) is 0.720. The number of ether oxygens (including phenoxy) is 1. The highest BCUT2D eigenvalue weighted by Crippen LogP contribution is 2.26. The third-order valence-corrected chi connectivity index (χ3v) is 4.96. The zero-order valence-electron chi connectivity index (χ0n) is 13.8. The molecule has 0 saturated carbocycles. The van der Waals surface area contributed by atoms with Gasteiger partial charge in [0.2, 0.25) is 0 Å². The monoisotopic (exact) mass is 430 g/mol. The highest BCUT2D eigenvalue weighted by atomic mass is 79.9. The van der Waals surface area contributed by atoms with Crippen molar-refractivity contribution in [3.05, 3.63) is 27.7 Å². The largest absolute Gasteiger partial charge is 0.493 e. The van der Waals surface area contributed by atoms with E-state index in [0.29, 0.717) is 12.9 Å². The van der Waals surface area contributed by atoms with E-state index in [2.05, 4.69) is 15.9 Å². The van der Waals surface area contributed by atoms with E-state index in [-0.39, 0.29) is 11.7 Å². The smallest absolute Gasteiger partial charge is 0.261 e. The van der Waals surface area contributed by atoms with Gasteiger partial charge in [0.25, 0.3) is 10.1 Å². The Labute approximate surface area is 147 Å². The lowest BCUT2D eigenvalue weighted by Crippen LogP contribution is -2.18. The Morgan fingerprint density at radius 2 is 1.52 bits per heavy atom. The van der Waals surface area contributed by atoms with Gasteiger partial charge in [-0.05, 0) is 37.1 Å². The van der Waals surface area contributed by atoms with E-state index >= 15 is 0 Å². The molecule has 0 saturated heterocycles. The number of rotatable bonds is 5. The molecule has 0 aliphatic heterocycles. The molecule has 0 radical (unpaired) electrons. The van der Waals surface area contributed by atoms with E-state index < -0.39 is 20.0 Å². The fourth-order valence-corrected chi connectivity index (χ4v) is 3.15. The number of hydrogen-bond donors (Lipinski definition) is 1. The predicted octanol–water partition coefficient (Wildman–Crippen LogP) is 2.63. The van der Waals surface area contributed by atoms with Gasteiger partial charge in [0.05, 0.1) is 18.6 Å². The van der Waals surface area contributed by atoms with E-state index in [9.17, 15) is 16.8 Å². The molecule has 0 amide bonds. The molecule has 9 heteroatoms. The summed E-state index contributed by atoms with van der Waals surface area (Å²) >= 11 is 3.50. The van der Waals surface area contributed by atoms with Crippen LogP contribution in [0.2, 0.25) is 0 Å². The fraction of sp³-hybridized carbons (Fsp3) is 0.571. The summed E-state index contributed by atoms with van der Waals surface area (Å²) in [6.07, 6.45) is 1.96. The first kappa shape index (κ1) is 22.4. The lowest BCUT2D eigenvalue weighted by Gasteiger charge is -2.14. The van der Waals surface area contributed by atoms with Gasteiger partial charge in [-0.3, -0.25) is 4.55 Å². The van der Waals surface area contributed by atoms with Crippen molar-refractivity contribution in [2.24, 2.45) is 5.92 Å². The van der Waals surface area contributed by atoms with Crippen LogP contribution in [0.15, 0.2) is 16.6 Å². The summed E-state index contributed by atoms with van der Waals surface area (Å²) in [5.74, 6) is 0.930. The molecule has 1 rings (SSSR count). The maximum absolute atomic E-state index is 11.1. The van der Waals surface area contributed by atoms with E-state index in [1.165, 1.54) is 6.26 Å². The van der Waals surface area contributed by atoms with Gasteiger partial charge in [-0.15, -0.1) is 0 Å². The standard InChI is InChI=1S/C13H19BrO3S.CH4O3S/c1-9(8-18(4,15)16)7-17-12-5-10(2)13(14)11(3)6-12;1-5(2,3)4/h5-6,9H,7-8H2,1-4H3;1H3,(H,2,3,4). The number of benzene rings is 1. The van der Waals surface area contributed by atoms with E-state index in [1.54, 1.807) is 0 Å². The molecule has 1 N–H and O–H groups in total. The number of halogens is 1. The molecule has 134 valence electrons. The molecule has 1 aromatic carbocycles. The van der Waals surface area contributed by atoms with Crippen molar-refractivity contribution < 1.29 is 26.1 Å². The zero-order chi connectivity index (χ0) is 18.4. The second kappa shape index (κ2) is 9.00. The summed E-state index contributed by atoms with van der Waals surface area (Å²) in [5, 5.41) is 0. The first-order chi connectivity index (χ1) is 10.2. The van der Waals surface area contributed by atoms with Gasteiger partial charge in [-0.2, -0.15) is 8.42 Å². The van der Waals surface area contributed by atoms with E-state index in [4.69, 9.17) is 9.29 Å². The zero-order valence-corrected chi connectivity index (χ0v) is 17.0. The van der Waals surface area contributed by atoms with E-state index in [1.807, 2.05) is 32.9 Å². The Kier molecular flexibility index (Phi) is 8.75. The molecule has 0 aromatic heterocycles. The average Bonchev–Trinajstić information content (AvgIpc) is 2.29. The molecule has 1 atom stereocenters. The van der Waals surface area contributed by atoms with Crippen molar-refractivity contribution in [2.45, 2.75) is 20.8 Å². The Morgan fingerprint density at radius 1 is 1.13 bits per heavy atom. The Hall–Kier alpha value is -0.640. The minimum absolute atomic E-state index is 0.00995. The molecule has 0 fully saturated rings. The lowest BCUT2D eigenvalue weighted by molar-refractivity contribution is 0.271. The number of aryl methyl sites for hydroxylation is 2. The Balaban J connectivity index is 0.000000841. The minimum atomic E-state index is -3.67. The van der Waals surface area contributed by atoms with Crippen molar-refractivity contribution in [3.8, 4) is 5.75 Å². The molecular weight excluding hydrogens is 408 g/mol. The third kappa shape index (κ3) is 12.4. The molecule has 1 aromatic rings. The van der Waals surface area contributed by atoms with Crippen LogP contribution in [0.1, 0.15) is 18.1 Å². The van der Waals surface area contributed by atoms with Gasteiger partial charge in [-0.25, -0.2) is 8.42 Å². The van der Waals surface area contributed by atoms with Gasteiger partial charge in [-0.1, -0.05) is 22.9 Å². The minimum Gasteiger partial charge on any atom is -0.493 e. The van der Waals surface area contributed by atoms with Gasteiger partial charge >= 0.3 is 0 Å². The summed E-state index contributed by atoms with van der Waals surface area (Å²) in [6, 6.07) is 3.90. The second-order valence-electron chi connectivity index (χ2n) is 5.61. The van der Waals surface area contributed by atoms with Crippen LogP contribution in [0.3, 0.4) is 0 Å². The van der Waals surface area contributed by atoms with Crippen LogP contribution in [-0.2, 0) is 20.0 Å². The van der Waals surface area contributed by atoms with Crippen LogP contribution < -0.4 is 4.74 Å². The normalized spacial score (nSPS) is 13.0. The van der Waals surface area contributed by atoms with Gasteiger partial charge in [0.15, 0.2) is 0 Å². The molecule has 0 heterocycles. The molecular formula is C14H23BrO6S2. The summed E-state index contributed by atoms with van der Waals surface area (Å²) < 4.78 is 54.9. The molecule has 0 aliphatic rings. The first-order valence-corrected chi connectivity index (χ1v) is 11.4. The SMILES string of the molecule is CS(=O)(=O)O.Cc1cc(OCC(C)CS(C)(=O)=O)cc(C)c1Br. The Morgan fingerprint density at radius 3 is 1.87 bits per heavy atom. The van der Waals surface area contributed by atoms with Gasteiger partial charge < -0.3 is 4.74 Å². The van der Waals surface area contributed by atoms with Crippen LogP contribution in [0.5, 0.6) is 5.75 Å². The van der Waals surface area contributed by atoms with E-state index in [0.717, 1.165) is 21.3 Å². The highest BCUT2D eigenvalue weighted by molar-refractivity contribution is 9.10. The van der Waals surface area contributed by atoms with Gasteiger partial charge in [0.1, 0.15) is 15.6 Å². The van der Waals surface area contributed by atoms with Crippen molar-refractivity contribution in [2.75, 3.05) is 24.9 Å². The Bertz CT molecular complexity index is 695. The topological polar surface area (TPSA) is 97.7 Å². The fourth-order valence-electron chi connectivity index (χ4n) is 1.79. The van der Waals surface area contributed by atoms with Crippen LogP contribution in [0.25, 0.3) is 0 Å². The van der Waals surface area contributed by atoms with Gasteiger partial charge in [0, 0.05) is 16.6 Å². The average molecular weight is 431 g/mol. The molecule has 0 bridgehead atoms. The number of sulfone groups is 1. The van der Waals surface area contributed by atoms with Crippen LogP contribution in [0.4, 0.5) is 0 Å². The first-order valence-electron chi connectivity index (χ1n) is 6.68. The molecule has 6 nitrogen and oxygen atoms in total. The maximum Gasteiger partial charge on any atom is 0.261 e.